The first kappa shape index (κ1) is 7.16. The molecule has 0 saturated heterocycles. The highest BCUT2D eigenvalue weighted by Gasteiger charge is 2.14. The van der Waals surface area contributed by atoms with Crippen LogP contribution in [0, 0.1) is 0 Å². The zero-order valence-corrected chi connectivity index (χ0v) is 6.25. The number of rotatable bonds is 0. The molecule has 1 unspecified atom stereocenters. The molecule has 1 aliphatic carbocycles. The van der Waals surface area contributed by atoms with E-state index in [4.69, 9.17) is 12.2 Å². The average Bonchev–Trinajstić information content (AvgIpc) is 1.99. The van der Waals surface area contributed by atoms with Gasteiger partial charge in [-0.1, -0.05) is 25.1 Å². The molecule has 0 aliphatic heterocycles. The second-order valence-corrected chi connectivity index (χ2v) is 3.08. The molecule has 2 heteroatoms. The van der Waals surface area contributed by atoms with Crippen LogP contribution in [0.25, 0.3) is 0 Å². The molecular weight excluding hydrogens is 132 g/mol. The summed E-state index contributed by atoms with van der Waals surface area (Å²) in [5.74, 6) is 0. The van der Waals surface area contributed by atoms with E-state index in [1.807, 2.05) is 0 Å². The number of hydrogen-bond acceptors (Lipinski definition) is 1. The molecule has 51 valence electrons. The first-order valence-corrected chi connectivity index (χ1v) is 3.90. The van der Waals surface area contributed by atoms with Crippen LogP contribution in [0.4, 0.5) is 0 Å². The van der Waals surface area contributed by atoms with Crippen LogP contribution in [-0.2, 0) is 5.11 Å². The van der Waals surface area contributed by atoms with Crippen molar-refractivity contribution < 1.29 is 5.11 Å². The predicted octanol–water partition coefficient (Wildman–Crippen LogP) is 2.12. The monoisotopic (exact) mass is 143 g/mol. The van der Waals surface area contributed by atoms with Gasteiger partial charge in [-0.05, 0) is 19.3 Å². The second-order valence-electron chi connectivity index (χ2n) is 2.55. The molecule has 0 N–H and O–H groups in total. The van der Waals surface area contributed by atoms with Crippen molar-refractivity contribution >= 4 is 17.1 Å². The van der Waals surface area contributed by atoms with Crippen LogP contribution in [0.1, 0.15) is 32.1 Å². The minimum absolute atomic E-state index is 0.525. The summed E-state index contributed by atoms with van der Waals surface area (Å²) >= 11 is 4.90. The van der Waals surface area contributed by atoms with Gasteiger partial charge < -0.3 is 0 Å². The third-order valence-electron chi connectivity index (χ3n) is 1.75. The lowest BCUT2D eigenvalue weighted by molar-refractivity contribution is 0.139. The Hall–Kier alpha value is 0.0500. The summed E-state index contributed by atoms with van der Waals surface area (Å²) in [4.78, 5) is 0.757. The largest absolute Gasteiger partial charge is 0.227 e. The fourth-order valence-electron chi connectivity index (χ4n) is 1.13. The van der Waals surface area contributed by atoms with Crippen molar-refractivity contribution in [3.63, 3.8) is 0 Å². The Morgan fingerprint density at radius 1 is 1.33 bits per heavy atom. The summed E-state index contributed by atoms with van der Waals surface area (Å²) in [5, 5.41) is 11.0. The lowest BCUT2D eigenvalue weighted by atomic mass is 10.2. The maximum Gasteiger partial charge on any atom is 0.124 e. The van der Waals surface area contributed by atoms with Crippen LogP contribution in [0.15, 0.2) is 0 Å². The SMILES string of the molecule is [O]C1CCCCCC1=S. The van der Waals surface area contributed by atoms with E-state index in [-0.39, 0.29) is 0 Å². The quantitative estimate of drug-likeness (QED) is 0.375. The van der Waals surface area contributed by atoms with Crippen molar-refractivity contribution in [3.05, 3.63) is 0 Å². The predicted molar refractivity (Wildman–Crippen MR) is 40.2 cm³/mol. The lowest BCUT2D eigenvalue weighted by Gasteiger charge is -2.01. The van der Waals surface area contributed by atoms with Crippen molar-refractivity contribution in [1.29, 1.82) is 0 Å². The molecule has 1 atom stereocenters. The van der Waals surface area contributed by atoms with E-state index in [0.717, 1.165) is 30.5 Å². The van der Waals surface area contributed by atoms with Gasteiger partial charge >= 0.3 is 0 Å². The van der Waals surface area contributed by atoms with Crippen LogP contribution >= 0.6 is 12.2 Å². The highest BCUT2D eigenvalue weighted by atomic mass is 32.1. The maximum absolute atomic E-state index is 11.0. The summed E-state index contributed by atoms with van der Waals surface area (Å²) < 4.78 is 0. The van der Waals surface area contributed by atoms with Gasteiger partial charge in [0.2, 0.25) is 0 Å². The first-order valence-electron chi connectivity index (χ1n) is 3.49. The van der Waals surface area contributed by atoms with Gasteiger partial charge in [-0.15, -0.1) is 0 Å². The van der Waals surface area contributed by atoms with E-state index in [0.29, 0.717) is 0 Å². The van der Waals surface area contributed by atoms with Crippen molar-refractivity contribution in [1.82, 2.24) is 0 Å². The Bertz CT molecular complexity index is 111. The van der Waals surface area contributed by atoms with Crippen LogP contribution in [-0.4, -0.2) is 11.0 Å². The minimum atomic E-state index is -0.525. The Morgan fingerprint density at radius 2 is 2.11 bits per heavy atom. The normalized spacial score (nSPS) is 29.9. The van der Waals surface area contributed by atoms with E-state index in [9.17, 15) is 5.11 Å². The van der Waals surface area contributed by atoms with Crippen LogP contribution in [0.2, 0.25) is 0 Å². The molecule has 0 aromatic carbocycles. The molecule has 1 nitrogen and oxygen atoms in total. The van der Waals surface area contributed by atoms with Crippen molar-refractivity contribution in [3.8, 4) is 0 Å². The van der Waals surface area contributed by atoms with E-state index in [2.05, 4.69) is 0 Å². The maximum atomic E-state index is 11.0. The van der Waals surface area contributed by atoms with Crippen LogP contribution < -0.4 is 0 Å². The van der Waals surface area contributed by atoms with E-state index in [1.165, 1.54) is 6.42 Å². The molecule has 1 aliphatic rings. The average molecular weight is 143 g/mol. The van der Waals surface area contributed by atoms with Crippen molar-refractivity contribution in [2.75, 3.05) is 0 Å². The molecule has 9 heavy (non-hydrogen) atoms. The van der Waals surface area contributed by atoms with Gasteiger partial charge in [-0.2, -0.15) is 0 Å². The van der Waals surface area contributed by atoms with Gasteiger partial charge in [0.25, 0.3) is 0 Å². The van der Waals surface area contributed by atoms with E-state index in [1.54, 1.807) is 0 Å². The van der Waals surface area contributed by atoms with Crippen LogP contribution in [0.5, 0.6) is 0 Å². The molecule has 1 fully saturated rings. The van der Waals surface area contributed by atoms with Crippen molar-refractivity contribution in [2.45, 2.75) is 38.2 Å². The second kappa shape index (κ2) is 3.28. The van der Waals surface area contributed by atoms with Gasteiger partial charge in [0.15, 0.2) is 0 Å². The summed E-state index contributed by atoms with van der Waals surface area (Å²) in [6, 6.07) is 0. The molecule has 0 aromatic heterocycles. The van der Waals surface area contributed by atoms with Crippen molar-refractivity contribution in [2.24, 2.45) is 0 Å². The van der Waals surface area contributed by atoms with Gasteiger partial charge in [-0.3, -0.25) is 0 Å². The Kier molecular flexibility index (Phi) is 2.61. The standard InChI is InChI=1S/C7H11OS/c8-6-4-2-1-3-5-7(6)9/h6H,1-5H2. The summed E-state index contributed by atoms with van der Waals surface area (Å²) in [6.07, 6.45) is 4.55. The molecule has 0 aromatic rings. The molecule has 1 radical (unpaired) electrons. The lowest BCUT2D eigenvalue weighted by Crippen LogP contribution is -2.13. The Balaban J connectivity index is 2.41. The first-order chi connectivity index (χ1) is 4.30. The summed E-state index contributed by atoms with van der Waals surface area (Å²) in [5.41, 5.74) is 0. The fraction of sp³-hybridized carbons (Fsp3) is 0.857. The van der Waals surface area contributed by atoms with Crippen LogP contribution in [0.3, 0.4) is 0 Å². The van der Waals surface area contributed by atoms with E-state index < -0.39 is 6.10 Å². The fourth-order valence-corrected chi connectivity index (χ4v) is 1.39. The van der Waals surface area contributed by atoms with Gasteiger partial charge in [0.05, 0.1) is 0 Å². The molecule has 1 saturated carbocycles. The topological polar surface area (TPSA) is 19.9 Å². The summed E-state index contributed by atoms with van der Waals surface area (Å²) in [6.45, 7) is 0. The molecule has 0 amide bonds. The van der Waals surface area contributed by atoms with E-state index >= 15 is 0 Å². The number of hydrogen-bond donors (Lipinski definition) is 0. The zero-order valence-electron chi connectivity index (χ0n) is 5.43. The third kappa shape index (κ3) is 2.03. The molecule has 0 spiro atoms. The minimum Gasteiger partial charge on any atom is -0.227 e. The van der Waals surface area contributed by atoms with Gasteiger partial charge in [-0.25, -0.2) is 5.11 Å². The summed E-state index contributed by atoms with van der Waals surface area (Å²) in [7, 11) is 0. The highest BCUT2D eigenvalue weighted by Crippen LogP contribution is 2.15. The van der Waals surface area contributed by atoms with Gasteiger partial charge in [0, 0.05) is 4.86 Å². The Labute approximate surface area is 61.1 Å². The van der Waals surface area contributed by atoms with Gasteiger partial charge in [0.1, 0.15) is 6.10 Å². The molecular formula is C7H11OS. The number of thiocarbonyl (C=S) groups is 1. The zero-order chi connectivity index (χ0) is 6.69. The third-order valence-corrected chi connectivity index (χ3v) is 2.22. The molecule has 1 rings (SSSR count). The molecule has 0 heterocycles. The Morgan fingerprint density at radius 3 is 2.89 bits per heavy atom. The smallest absolute Gasteiger partial charge is 0.124 e. The molecule has 0 bridgehead atoms. The highest BCUT2D eigenvalue weighted by molar-refractivity contribution is 7.80.